The Bertz CT molecular complexity index is 572. The van der Waals surface area contributed by atoms with Gasteiger partial charge in [-0.05, 0) is 44.6 Å². The van der Waals surface area contributed by atoms with Crippen LogP contribution in [0, 0.1) is 10.8 Å². The monoisotopic (exact) mass is 346 g/mol. The normalized spacial score (nSPS) is 33.1. The Morgan fingerprint density at radius 2 is 2.16 bits per heavy atom. The fraction of sp³-hybridized carbons (Fsp3) is 0.682. The minimum Gasteiger partial charge on any atom is -0.422 e. The number of rotatable bonds is 7. The average Bonchev–Trinajstić information content (AvgIpc) is 2.91. The Morgan fingerprint density at radius 3 is 2.76 bits per heavy atom. The molecule has 140 valence electrons. The summed E-state index contributed by atoms with van der Waals surface area (Å²) >= 11 is 0. The second-order valence-corrected chi connectivity index (χ2v) is 8.24. The van der Waals surface area contributed by atoms with Crippen molar-refractivity contribution in [2.24, 2.45) is 10.8 Å². The maximum atomic E-state index is 12.3. The number of ether oxygens (including phenoxy) is 2. The van der Waals surface area contributed by atoms with Crippen molar-refractivity contribution >= 4 is 6.16 Å². The van der Waals surface area contributed by atoms with E-state index in [0.717, 1.165) is 44.1 Å². The molecule has 0 amide bonds. The van der Waals surface area contributed by atoms with Gasteiger partial charge in [0, 0.05) is 10.8 Å². The van der Waals surface area contributed by atoms with Gasteiger partial charge in [-0.1, -0.05) is 58.4 Å². The zero-order chi connectivity index (χ0) is 18.7. The first kappa shape index (κ1) is 19.8. The molecule has 2 aliphatic rings. The predicted octanol–water partition coefficient (Wildman–Crippen LogP) is 6.36. The van der Waals surface area contributed by atoms with Crippen molar-refractivity contribution in [2.75, 3.05) is 0 Å². The van der Waals surface area contributed by atoms with Gasteiger partial charge >= 0.3 is 6.16 Å². The van der Waals surface area contributed by atoms with E-state index in [9.17, 15) is 4.79 Å². The second-order valence-electron chi connectivity index (χ2n) is 8.24. The molecular weight excluding hydrogens is 312 g/mol. The van der Waals surface area contributed by atoms with Crippen LogP contribution in [0.5, 0.6) is 0 Å². The van der Waals surface area contributed by atoms with Gasteiger partial charge in [0.15, 0.2) is 11.7 Å². The summed E-state index contributed by atoms with van der Waals surface area (Å²) in [6.45, 7) is 14.7. The van der Waals surface area contributed by atoms with Gasteiger partial charge in [-0.15, -0.1) is 6.58 Å². The van der Waals surface area contributed by atoms with E-state index < -0.39 is 11.8 Å². The molecule has 1 fully saturated rings. The molecular formula is C22H34O3. The largest absolute Gasteiger partial charge is 0.509 e. The van der Waals surface area contributed by atoms with E-state index in [4.69, 9.17) is 9.47 Å². The van der Waals surface area contributed by atoms with E-state index in [1.807, 2.05) is 19.1 Å². The number of hydrogen-bond donors (Lipinski definition) is 0. The molecule has 0 N–H and O–H groups in total. The molecule has 25 heavy (non-hydrogen) atoms. The van der Waals surface area contributed by atoms with Crippen molar-refractivity contribution in [3.05, 3.63) is 36.5 Å². The van der Waals surface area contributed by atoms with E-state index in [1.165, 1.54) is 0 Å². The predicted molar refractivity (Wildman–Crippen MR) is 102 cm³/mol. The Hall–Kier alpha value is -1.51. The molecule has 1 saturated heterocycles. The van der Waals surface area contributed by atoms with Crippen LogP contribution in [0.2, 0.25) is 0 Å². The highest BCUT2D eigenvalue weighted by atomic mass is 16.8. The maximum Gasteiger partial charge on any atom is 0.509 e. The van der Waals surface area contributed by atoms with Crippen molar-refractivity contribution in [3.63, 3.8) is 0 Å². The summed E-state index contributed by atoms with van der Waals surface area (Å²) in [7, 11) is 0. The van der Waals surface area contributed by atoms with Gasteiger partial charge in [0.25, 0.3) is 0 Å². The number of carbonyl (C=O) groups is 1. The molecule has 0 radical (unpaired) electrons. The van der Waals surface area contributed by atoms with Gasteiger partial charge < -0.3 is 9.47 Å². The topological polar surface area (TPSA) is 35.5 Å². The Kier molecular flexibility index (Phi) is 5.86. The van der Waals surface area contributed by atoms with Crippen molar-refractivity contribution in [1.82, 2.24) is 0 Å². The smallest absolute Gasteiger partial charge is 0.422 e. The highest BCUT2D eigenvalue weighted by Crippen LogP contribution is 2.53. The molecule has 3 heteroatoms. The van der Waals surface area contributed by atoms with E-state index in [-0.39, 0.29) is 16.9 Å². The lowest BCUT2D eigenvalue weighted by molar-refractivity contribution is -0.0507. The molecule has 1 aliphatic heterocycles. The first-order valence-electron chi connectivity index (χ1n) is 9.64. The molecule has 2 rings (SSSR count). The number of carbonyl (C=O) groups excluding carboxylic acids is 1. The summed E-state index contributed by atoms with van der Waals surface area (Å²) in [6, 6.07) is 0. The summed E-state index contributed by atoms with van der Waals surface area (Å²) in [6.07, 6.45) is 13.6. The Morgan fingerprint density at radius 1 is 1.44 bits per heavy atom. The van der Waals surface area contributed by atoms with E-state index in [0.29, 0.717) is 0 Å². The molecule has 0 aromatic heterocycles. The van der Waals surface area contributed by atoms with Crippen LogP contribution in [-0.4, -0.2) is 17.9 Å². The zero-order valence-corrected chi connectivity index (χ0v) is 16.6. The summed E-state index contributed by atoms with van der Waals surface area (Å²) in [5, 5.41) is 0. The fourth-order valence-electron chi connectivity index (χ4n) is 4.43. The highest BCUT2D eigenvalue weighted by Gasteiger charge is 2.61. The van der Waals surface area contributed by atoms with Crippen LogP contribution in [0.4, 0.5) is 4.79 Å². The fourth-order valence-corrected chi connectivity index (χ4v) is 4.43. The lowest BCUT2D eigenvalue weighted by Crippen LogP contribution is -2.54. The molecule has 0 bridgehead atoms. The van der Waals surface area contributed by atoms with E-state index >= 15 is 0 Å². The number of cyclic esters (lactones) is 2. The van der Waals surface area contributed by atoms with Crippen LogP contribution in [-0.2, 0) is 9.47 Å². The Labute approximate surface area is 153 Å². The second kappa shape index (κ2) is 7.39. The van der Waals surface area contributed by atoms with Crippen LogP contribution in [0.1, 0.15) is 73.1 Å². The molecule has 3 atom stereocenters. The summed E-state index contributed by atoms with van der Waals surface area (Å²) < 4.78 is 11.8. The summed E-state index contributed by atoms with van der Waals surface area (Å²) in [4.78, 5) is 12.3. The summed E-state index contributed by atoms with van der Waals surface area (Å²) in [5.41, 5.74) is 0.00224. The maximum absolute atomic E-state index is 12.3. The van der Waals surface area contributed by atoms with Gasteiger partial charge in [0.2, 0.25) is 0 Å². The van der Waals surface area contributed by atoms with Gasteiger partial charge in [0.05, 0.1) is 0 Å². The molecule has 3 nitrogen and oxygen atoms in total. The summed E-state index contributed by atoms with van der Waals surface area (Å²) in [5.74, 6) is 0. The van der Waals surface area contributed by atoms with Crippen LogP contribution in [0.3, 0.4) is 0 Å². The van der Waals surface area contributed by atoms with Crippen molar-refractivity contribution in [2.45, 2.75) is 84.8 Å². The van der Waals surface area contributed by atoms with Gasteiger partial charge in [-0.3, -0.25) is 0 Å². The van der Waals surface area contributed by atoms with Crippen LogP contribution >= 0.6 is 0 Å². The molecule has 1 unspecified atom stereocenters. The van der Waals surface area contributed by atoms with Gasteiger partial charge in [-0.25, -0.2) is 4.79 Å². The SMILES string of the molecule is C=CC1(C)CCCC=C1[C@@H]1OC(=O)O[C@@]1(CCCC)C(C)(C)/C=C/C. The molecule has 1 heterocycles. The number of allylic oxidation sites excluding steroid dienone is 3. The lowest BCUT2D eigenvalue weighted by Gasteiger charge is -2.46. The minimum atomic E-state index is -0.681. The third-order valence-electron chi connectivity index (χ3n) is 6.14. The van der Waals surface area contributed by atoms with Crippen LogP contribution in [0.15, 0.2) is 36.5 Å². The van der Waals surface area contributed by atoms with Gasteiger partial charge in [0.1, 0.15) is 0 Å². The molecule has 0 aromatic carbocycles. The Balaban J connectivity index is 2.57. The van der Waals surface area contributed by atoms with Crippen molar-refractivity contribution < 1.29 is 14.3 Å². The quantitative estimate of drug-likeness (QED) is 0.397. The van der Waals surface area contributed by atoms with E-state index in [2.05, 4.69) is 46.4 Å². The number of unbranched alkanes of at least 4 members (excludes halogenated alkanes) is 1. The molecule has 0 spiro atoms. The third-order valence-corrected chi connectivity index (χ3v) is 6.14. The van der Waals surface area contributed by atoms with E-state index in [1.54, 1.807) is 0 Å². The first-order chi connectivity index (χ1) is 11.8. The molecule has 0 saturated carbocycles. The number of hydrogen-bond acceptors (Lipinski definition) is 3. The molecule has 0 aromatic rings. The molecule has 1 aliphatic carbocycles. The standard InChI is InChI=1S/C22H34O3/c1-7-10-16-22(20(4,5)14-8-2)18(24-19(23)25-22)17-13-11-12-15-21(17,6)9-3/h8-9,13-14,18H,3,7,10-12,15-16H2,1-2,4-6H3/b14-8+/t18-,21?,22+/m0/s1. The van der Waals surface area contributed by atoms with Crippen molar-refractivity contribution in [1.29, 1.82) is 0 Å². The third kappa shape index (κ3) is 3.43. The van der Waals surface area contributed by atoms with Crippen LogP contribution < -0.4 is 0 Å². The average molecular weight is 347 g/mol. The van der Waals surface area contributed by atoms with Crippen LogP contribution in [0.25, 0.3) is 0 Å². The highest BCUT2D eigenvalue weighted by molar-refractivity contribution is 5.65. The van der Waals surface area contributed by atoms with Gasteiger partial charge in [-0.2, -0.15) is 0 Å². The van der Waals surface area contributed by atoms with Crippen molar-refractivity contribution in [3.8, 4) is 0 Å². The first-order valence-corrected chi connectivity index (χ1v) is 9.64. The zero-order valence-electron chi connectivity index (χ0n) is 16.6. The lowest BCUT2D eigenvalue weighted by atomic mass is 9.62. The minimum absolute atomic E-state index is 0.152.